The molecule has 0 fully saturated rings. The number of rotatable bonds is 14. The lowest BCUT2D eigenvalue weighted by Crippen LogP contribution is -2.21. The topological polar surface area (TPSA) is 26.3 Å². The van der Waals surface area contributed by atoms with Crippen LogP contribution in [0.15, 0.2) is 18.2 Å². The maximum Gasteiger partial charge on any atom is 0.417 e. The molecule has 1 rings (SSSR count). The number of unbranched alkanes of at least 4 members (excludes halogenated alkanes) is 10. The fourth-order valence-electron chi connectivity index (χ4n) is 3.36. The SMILES string of the molecule is CCCCCCCCCCCCCC(C)OC(=O)c1c(F)cccc1C(F)(F)F. The Morgan fingerprint density at radius 3 is 1.97 bits per heavy atom. The Labute approximate surface area is 172 Å². The van der Waals surface area contributed by atoms with Gasteiger partial charge >= 0.3 is 12.1 Å². The van der Waals surface area contributed by atoms with Crippen LogP contribution in [0.5, 0.6) is 0 Å². The second-order valence-corrected chi connectivity index (χ2v) is 7.70. The van der Waals surface area contributed by atoms with E-state index in [0.717, 1.165) is 31.4 Å². The summed E-state index contributed by atoms with van der Waals surface area (Å²) in [6.45, 7) is 3.84. The first-order chi connectivity index (χ1) is 13.8. The van der Waals surface area contributed by atoms with E-state index >= 15 is 0 Å². The summed E-state index contributed by atoms with van der Waals surface area (Å²) < 4.78 is 57.9. The summed E-state index contributed by atoms with van der Waals surface area (Å²) in [5, 5.41) is 0. The number of carbonyl (C=O) groups is 1. The molecule has 0 N–H and O–H groups in total. The van der Waals surface area contributed by atoms with E-state index in [1.54, 1.807) is 6.92 Å². The lowest BCUT2D eigenvalue weighted by molar-refractivity contribution is -0.138. The van der Waals surface area contributed by atoms with E-state index < -0.39 is 35.2 Å². The number of hydrogen-bond donors (Lipinski definition) is 0. The van der Waals surface area contributed by atoms with Gasteiger partial charge in [0.05, 0.1) is 11.7 Å². The third-order valence-electron chi connectivity index (χ3n) is 5.05. The zero-order valence-electron chi connectivity index (χ0n) is 17.6. The molecule has 0 saturated heterocycles. The summed E-state index contributed by atoms with van der Waals surface area (Å²) in [6.07, 6.45) is 8.28. The van der Waals surface area contributed by atoms with Gasteiger partial charge in [0.1, 0.15) is 11.4 Å². The van der Waals surface area contributed by atoms with Crippen LogP contribution in [0, 0.1) is 5.82 Å². The van der Waals surface area contributed by atoms with Crippen molar-refractivity contribution in [3.63, 3.8) is 0 Å². The molecule has 0 bridgehead atoms. The van der Waals surface area contributed by atoms with Crippen molar-refractivity contribution in [3.05, 3.63) is 35.1 Å². The van der Waals surface area contributed by atoms with Gasteiger partial charge in [-0.05, 0) is 31.9 Å². The van der Waals surface area contributed by atoms with Gasteiger partial charge in [0.2, 0.25) is 0 Å². The lowest BCUT2D eigenvalue weighted by atomic mass is 10.0. The van der Waals surface area contributed by atoms with E-state index in [1.807, 2.05) is 0 Å². The van der Waals surface area contributed by atoms with Crippen LogP contribution < -0.4 is 0 Å². The van der Waals surface area contributed by atoms with Crippen molar-refractivity contribution >= 4 is 5.97 Å². The van der Waals surface area contributed by atoms with E-state index in [0.29, 0.717) is 12.5 Å². The molecule has 2 nitrogen and oxygen atoms in total. The second kappa shape index (κ2) is 13.6. The van der Waals surface area contributed by atoms with Gasteiger partial charge in [-0.15, -0.1) is 0 Å². The molecule has 1 atom stereocenters. The first-order valence-corrected chi connectivity index (χ1v) is 10.8. The highest BCUT2D eigenvalue weighted by Gasteiger charge is 2.37. The first kappa shape index (κ1) is 25.4. The molecule has 0 aromatic heterocycles. The van der Waals surface area contributed by atoms with Crippen molar-refractivity contribution in [1.29, 1.82) is 0 Å². The average molecular weight is 419 g/mol. The fourth-order valence-corrected chi connectivity index (χ4v) is 3.36. The van der Waals surface area contributed by atoms with Crippen LogP contribution in [0.1, 0.15) is 107 Å². The smallest absolute Gasteiger partial charge is 0.417 e. The Hall–Kier alpha value is -1.59. The molecular formula is C23H34F4O2. The normalized spacial score (nSPS) is 12.8. The van der Waals surface area contributed by atoms with Crippen molar-refractivity contribution in [2.24, 2.45) is 0 Å². The van der Waals surface area contributed by atoms with Crippen LogP contribution in [0.3, 0.4) is 0 Å². The molecule has 1 aromatic carbocycles. The lowest BCUT2D eigenvalue weighted by Gasteiger charge is -2.16. The van der Waals surface area contributed by atoms with Crippen LogP contribution in [0.25, 0.3) is 0 Å². The highest BCUT2D eigenvalue weighted by atomic mass is 19.4. The minimum Gasteiger partial charge on any atom is -0.459 e. The predicted molar refractivity (Wildman–Crippen MR) is 107 cm³/mol. The van der Waals surface area contributed by atoms with Crippen LogP contribution in [-0.2, 0) is 10.9 Å². The Balaban J connectivity index is 2.26. The fraction of sp³-hybridized carbons (Fsp3) is 0.696. The van der Waals surface area contributed by atoms with Crippen LogP contribution in [0.2, 0.25) is 0 Å². The van der Waals surface area contributed by atoms with Crippen LogP contribution in [0.4, 0.5) is 17.6 Å². The highest BCUT2D eigenvalue weighted by molar-refractivity contribution is 5.91. The number of esters is 1. The second-order valence-electron chi connectivity index (χ2n) is 7.70. The van der Waals surface area contributed by atoms with E-state index in [4.69, 9.17) is 4.74 Å². The van der Waals surface area contributed by atoms with E-state index in [1.165, 1.54) is 51.4 Å². The molecule has 1 unspecified atom stereocenters. The quantitative estimate of drug-likeness (QED) is 0.173. The van der Waals surface area contributed by atoms with Crippen LogP contribution in [-0.4, -0.2) is 12.1 Å². The summed E-state index contributed by atoms with van der Waals surface area (Å²) in [6, 6.07) is 2.46. The van der Waals surface area contributed by atoms with Crippen molar-refractivity contribution in [3.8, 4) is 0 Å². The molecule has 6 heteroatoms. The predicted octanol–water partition coefficient (Wildman–Crippen LogP) is 8.09. The van der Waals surface area contributed by atoms with Gasteiger partial charge in [-0.25, -0.2) is 9.18 Å². The highest BCUT2D eigenvalue weighted by Crippen LogP contribution is 2.33. The van der Waals surface area contributed by atoms with Crippen LogP contribution >= 0.6 is 0 Å². The molecule has 0 radical (unpaired) electrons. The first-order valence-electron chi connectivity index (χ1n) is 10.8. The summed E-state index contributed by atoms with van der Waals surface area (Å²) in [5.74, 6) is -2.47. The molecule has 0 aliphatic rings. The third kappa shape index (κ3) is 10.1. The van der Waals surface area contributed by atoms with E-state index in [-0.39, 0.29) is 0 Å². The molecule has 0 amide bonds. The average Bonchev–Trinajstić information content (AvgIpc) is 2.65. The monoisotopic (exact) mass is 418 g/mol. The Morgan fingerprint density at radius 1 is 0.931 bits per heavy atom. The number of benzene rings is 1. The molecule has 29 heavy (non-hydrogen) atoms. The number of hydrogen-bond acceptors (Lipinski definition) is 2. The minimum atomic E-state index is -4.81. The van der Waals surface area contributed by atoms with Gasteiger partial charge in [0.25, 0.3) is 0 Å². The molecule has 0 aliphatic heterocycles. The Bertz CT molecular complexity index is 599. The van der Waals surface area contributed by atoms with Gasteiger partial charge in [-0.2, -0.15) is 13.2 Å². The molecule has 0 spiro atoms. The van der Waals surface area contributed by atoms with Gasteiger partial charge in [0, 0.05) is 0 Å². The molecule has 0 aliphatic carbocycles. The molecule has 166 valence electrons. The molecule has 0 heterocycles. The Morgan fingerprint density at radius 2 is 1.45 bits per heavy atom. The zero-order valence-corrected chi connectivity index (χ0v) is 17.6. The number of carbonyl (C=O) groups excluding carboxylic acids is 1. The van der Waals surface area contributed by atoms with Gasteiger partial charge in [0.15, 0.2) is 0 Å². The van der Waals surface area contributed by atoms with Crippen molar-refractivity contribution in [2.45, 2.75) is 103 Å². The van der Waals surface area contributed by atoms with Gasteiger partial charge < -0.3 is 4.74 Å². The van der Waals surface area contributed by atoms with Crippen molar-refractivity contribution < 1.29 is 27.1 Å². The largest absolute Gasteiger partial charge is 0.459 e. The molecular weight excluding hydrogens is 384 g/mol. The minimum absolute atomic E-state index is 0.554. The number of alkyl halides is 3. The van der Waals surface area contributed by atoms with Gasteiger partial charge in [-0.1, -0.05) is 77.2 Å². The number of ether oxygens (including phenoxy) is 1. The summed E-state index contributed by atoms with van der Waals surface area (Å²) in [4.78, 5) is 12.1. The standard InChI is InChI=1S/C23H34F4O2/c1-3-4-5-6-7-8-9-10-11-12-13-15-18(2)29-22(28)21-19(23(25,26)27)16-14-17-20(21)24/h14,16-18H,3-13,15H2,1-2H3. The maximum atomic E-state index is 13.8. The Kier molecular flexibility index (Phi) is 11.9. The van der Waals surface area contributed by atoms with Crippen molar-refractivity contribution in [1.82, 2.24) is 0 Å². The third-order valence-corrected chi connectivity index (χ3v) is 5.05. The van der Waals surface area contributed by atoms with E-state index in [2.05, 4.69) is 6.92 Å². The molecule has 0 saturated carbocycles. The zero-order chi connectivity index (χ0) is 21.7. The molecule has 1 aromatic rings. The van der Waals surface area contributed by atoms with Gasteiger partial charge in [-0.3, -0.25) is 0 Å². The van der Waals surface area contributed by atoms with Crippen molar-refractivity contribution in [2.75, 3.05) is 0 Å². The van der Waals surface area contributed by atoms with E-state index in [9.17, 15) is 22.4 Å². The number of halogens is 4. The summed E-state index contributed by atoms with van der Waals surface area (Å²) >= 11 is 0. The summed E-state index contributed by atoms with van der Waals surface area (Å²) in [7, 11) is 0. The summed E-state index contributed by atoms with van der Waals surface area (Å²) in [5.41, 5.74) is -2.34. The maximum absolute atomic E-state index is 13.8.